The van der Waals surface area contributed by atoms with Crippen LogP contribution in [0.1, 0.15) is 41.5 Å². The van der Waals surface area contributed by atoms with Gasteiger partial charge in [-0.15, -0.1) is 0 Å². The van der Waals surface area contributed by atoms with Gasteiger partial charge in [0.25, 0.3) is 5.91 Å². The van der Waals surface area contributed by atoms with Crippen molar-refractivity contribution in [1.82, 2.24) is 9.88 Å². The van der Waals surface area contributed by atoms with E-state index in [1.165, 1.54) is 6.07 Å². The summed E-state index contributed by atoms with van der Waals surface area (Å²) in [6.45, 7) is 6.13. The molecule has 0 bridgehead atoms. The number of nitrogen functional groups attached to an aromatic ring is 1. The summed E-state index contributed by atoms with van der Waals surface area (Å²) in [4.78, 5) is 12.3. The molecule has 0 saturated heterocycles. The van der Waals surface area contributed by atoms with Gasteiger partial charge in [0.05, 0.1) is 11.7 Å². The first kappa shape index (κ1) is 15.1. The molecule has 1 unspecified atom stereocenters. The molecule has 3 N–H and O–H groups in total. The van der Waals surface area contributed by atoms with Crippen LogP contribution in [-0.2, 0) is 6.54 Å². The number of nitrogens with two attached hydrogens (primary N) is 1. The molecule has 5 heteroatoms. The first-order chi connectivity index (χ1) is 9.92. The molecule has 2 aromatic rings. The molecule has 0 fully saturated rings. The Morgan fingerprint density at radius 3 is 2.76 bits per heavy atom. The predicted octanol–water partition coefficient (Wildman–Crippen LogP) is 3.03. The molecule has 1 amide bonds. The number of carbonyl (C=O) groups excluding carboxylic acids is 1. The Bertz CT molecular complexity index is 664. The van der Waals surface area contributed by atoms with Gasteiger partial charge in [0.1, 0.15) is 11.5 Å². The predicted molar refractivity (Wildman–Crippen MR) is 81.5 cm³/mol. The molecule has 21 heavy (non-hydrogen) atoms. The monoisotopic (exact) mass is 289 g/mol. The van der Waals surface area contributed by atoms with E-state index in [-0.39, 0.29) is 17.8 Å². The molecule has 1 atom stereocenters. The van der Waals surface area contributed by atoms with Crippen LogP contribution in [0, 0.1) is 12.7 Å². The van der Waals surface area contributed by atoms with Gasteiger partial charge in [-0.1, -0.05) is 12.1 Å². The number of benzene rings is 1. The SMILES string of the molecule is CCn1cc(N)cc1C(=O)NC(C)c1ccc(C)c(F)c1. The quantitative estimate of drug-likeness (QED) is 0.909. The van der Waals surface area contributed by atoms with E-state index in [2.05, 4.69) is 5.32 Å². The van der Waals surface area contributed by atoms with Gasteiger partial charge in [0.15, 0.2) is 0 Å². The van der Waals surface area contributed by atoms with E-state index in [1.54, 1.807) is 29.8 Å². The van der Waals surface area contributed by atoms with E-state index in [0.29, 0.717) is 23.5 Å². The highest BCUT2D eigenvalue weighted by Gasteiger charge is 2.16. The maximum atomic E-state index is 13.6. The van der Waals surface area contributed by atoms with Crippen LogP contribution in [-0.4, -0.2) is 10.5 Å². The summed E-state index contributed by atoms with van der Waals surface area (Å²) in [5, 5.41) is 2.87. The Morgan fingerprint density at radius 2 is 2.14 bits per heavy atom. The van der Waals surface area contributed by atoms with Gasteiger partial charge in [-0.3, -0.25) is 4.79 Å². The maximum absolute atomic E-state index is 13.6. The Balaban J connectivity index is 2.16. The van der Waals surface area contributed by atoms with Gasteiger partial charge in [-0.05, 0) is 44.0 Å². The highest BCUT2D eigenvalue weighted by molar-refractivity contribution is 5.94. The van der Waals surface area contributed by atoms with Crippen molar-refractivity contribution in [2.75, 3.05) is 5.73 Å². The molecular weight excluding hydrogens is 269 g/mol. The van der Waals surface area contributed by atoms with Crippen molar-refractivity contribution in [3.63, 3.8) is 0 Å². The summed E-state index contributed by atoms with van der Waals surface area (Å²) in [7, 11) is 0. The summed E-state index contributed by atoms with van der Waals surface area (Å²) < 4.78 is 15.4. The largest absolute Gasteiger partial charge is 0.397 e. The first-order valence-corrected chi connectivity index (χ1v) is 6.95. The number of hydrogen-bond donors (Lipinski definition) is 2. The summed E-state index contributed by atoms with van der Waals surface area (Å²) in [6.07, 6.45) is 1.73. The third-order valence-corrected chi connectivity index (χ3v) is 3.53. The van der Waals surface area contributed by atoms with Gasteiger partial charge in [0, 0.05) is 12.7 Å². The lowest BCUT2D eigenvalue weighted by atomic mass is 10.1. The van der Waals surface area contributed by atoms with Crippen LogP contribution in [0.3, 0.4) is 0 Å². The Morgan fingerprint density at radius 1 is 1.43 bits per heavy atom. The number of rotatable bonds is 4. The lowest BCUT2D eigenvalue weighted by Gasteiger charge is -2.15. The fourth-order valence-corrected chi connectivity index (χ4v) is 2.22. The zero-order chi connectivity index (χ0) is 15.6. The number of halogens is 1. The minimum absolute atomic E-state index is 0.220. The van der Waals surface area contributed by atoms with Crippen molar-refractivity contribution in [3.05, 3.63) is 53.1 Å². The van der Waals surface area contributed by atoms with Gasteiger partial charge < -0.3 is 15.6 Å². The highest BCUT2D eigenvalue weighted by Crippen LogP contribution is 2.18. The molecule has 0 aliphatic carbocycles. The summed E-state index contributed by atoms with van der Waals surface area (Å²) in [5.74, 6) is -0.489. The fraction of sp³-hybridized carbons (Fsp3) is 0.312. The number of nitrogens with zero attached hydrogens (tertiary/aromatic N) is 1. The third kappa shape index (κ3) is 3.24. The molecular formula is C16H20FN3O. The van der Waals surface area contributed by atoms with Gasteiger partial charge >= 0.3 is 0 Å². The molecule has 1 aromatic carbocycles. The van der Waals surface area contributed by atoms with Gasteiger partial charge in [-0.2, -0.15) is 0 Å². The normalized spacial score (nSPS) is 12.2. The molecule has 0 aliphatic rings. The number of carbonyl (C=O) groups is 1. The molecule has 1 heterocycles. The van der Waals surface area contributed by atoms with Gasteiger partial charge in [-0.25, -0.2) is 4.39 Å². The number of hydrogen-bond acceptors (Lipinski definition) is 2. The molecule has 0 saturated carbocycles. The summed E-state index contributed by atoms with van der Waals surface area (Å²) in [6, 6.07) is 6.33. The van der Waals surface area contributed by atoms with Crippen molar-refractivity contribution in [1.29, 1.82) is 0 Å². The van der Waals surface area contributed by atoms with Crippen LogP contribution in [0.4, 0.5) is 10.1 Å². The van der Waals surface area contributed by atoms with E-state index in [1.807, 2.05) is 19.9 Å². The molecule has 2 rings (SSSR count). The molecule has 1 aromatic heterocycles. The van der Waals surface area contributed by atoms with Crippen molar-refractivity contribution in [2.24, 2.45) is 0 Å². The Hall–Kier alpha value is -2.30. The third-order valence-electron chi connectivity index (χ3n) is 3.53. The number of nitrogens with one attached hydrogen (secondary N) is 1. The van der Waals surface area contributed by atoms with Crippen molar-refractivity contribution < 1.29 is 9.18 Å². The van der Waals surface area contributed by atoms with E-state index in [0.717, 1.165) is 5.56 Å². The average molecular weight is 289 g/mol. The number of amides is 1. The summed E-state index contributed by atoms with van der Waals surface area (Å²) >= 11 is 0. The van der Waals surface area contributed by atoms with Crippen LogP contribution in [0.25, 0.3) is 0 Å². The molecule has 0 spiro atoms. The lowest BCUT2D eigenvalue weighted by Crippen LogP contribution is -2.28. The van der Waals surface area contributed by atoms with Crippen molar-refractivity contribution in [2.45, 2.75) is 33.4 Å². The zero-order valence-corrected chi connectivity index (χ0v) is 12.5. The second-order valence-electron chi connectivity index (χ2n) is 5.15. The number of aryl methyl sites for hydroxylation is 2. The molecule has 112 valence electrons. The first-order valence-electron chi connectivity index (χ1n) is 6.95. The standard InChI is InChI=1S/C16H20FN3O/c1-4-20-9-13(18)8-15(20)16(21)19-11(3)12-6-5-10(2)14(17)7-12/h5-9,11H,4,18H2,1-3H3,(H,19,21). The van der Waals surface area contributed by atoms with E-state index in [4.69, 9.17) is 5.73 Å². The second-order valence-corrected chi connectivity index (χ2v) is 5.15. The molecule has 4 nitrogen and oxygen atoms in total. The lowest BCUT2D eigenvalue weighted by molar-refractivity contribution is 0.0930. The van der Waals surface area contributed by atoms with Crippen molar-refractivity contribution >= 4 is 11.6 Å². The van der Waals surface area contributed by atoms with Crippen molar-refractivity contribution in [3.8, 4) is 0 Å². The topological polar surface area (TPSA) is 60.0 Å². The fourth-order valence-electron chi connectivity index (χ4n) is 2.22. The molecule has 0 aliphatic heterocycles. The van der Waals surface area contributed by atoms with Gasteiger partial charge in [0.2, 0.25) is 0 Å². The average Bonchev–Trinajstić information content (AvgIpc) is 2.83. The number of aromatic nitrogens is 1. The van der Waals surface area contributed by atoms with E-state index in [9.17, 15) is 9.18 Å². The zero-order valence-electron chi connectivity index (χ0n) is 12.5. The van der Waals surface area contributed by atoms with Crippen LogP contribution < -0.4 is 11.1 Å². The smallest absolute Gasteiger partial charge is 0.268 e. The van der Waals surface area contributed by atoms with Crippen LogP contribution in [0.5, 0.6) is 0 Å². The van der Waals surface area contributed by atoms with Crippen LogP contribution in [0.2, 0.25) is 0 Å². The second kappa shape index (κ2) is 5.99. The Kier molecular flexibility index (Phi) is 4.31. The van der Waals surface area contributed by atoms with Crippen LogP contribution in [0.15, 0.2) is 30.5 Å². The minimum Gasteiger partial charge on any atom is -0.397 e. The minimum atomic E-state index is -0.283. The highest BCUT2D eigenvalue weighted by atomic mass is 19.1. The summed E-state index contributed by atoms with van der Waals surface area (Å²) in [5.41, 5.74) is 8.10. The van der Waals surface area contributed by atoms with E-state index < -0.39 is 0 Å². The number of anilines is 1. The van der Waals surface area contributed by atoms with E-state index >= 15 is 0 Å². The Labute approximate surface area is 123 Å². The maximum Gasteiger partial charge on any atom is 0.268 e. The molecule has 0 radical (unpaired) electrons. The van der Waals surface area contributed by atoms with Crippen LogP contribution >= 0.6 is 0 Å².